The van der Waals surface area contributed by atoms with Crippen molar-refractivity contribution in [2.75, 3.05) is 6.61 Å². The second-order valence-corrected chi connectivity index (χ2v) is 5.20. The van der Waals surface area contributed by atoms with Crippen molar-refractivity contribution in [1.29, 1.82) is 0 Å². The van der Waals surface area contributed by atoms with Crippen molar-refractivity contribution in [3.05, 3.63) is 54.1 Å². The second-order valence-electron chi connectivity index (χ2n) is 5.20. The van der Waals surface area contributed by atoms with Gasteiger partial charge in [-0.2, -0.15) is 0 Å². The molecule has 2 aromatic carbocycles. The van der Waals surface area contributed by atoms with Gasteiger partial charge in [0.2, 0.25) is 0 Å². The molecule has 2 aromatic rings. The Morgan fingerprint density at radius 3 is 2.40 bits per heavy atom. The summed E-state index contributed by atoms with van der Waals surface area (Å²) in [6.45, 7) is 7.92. The summed E-state index contributed by atoms with van der Waals surface area (Å²) in [4.78, 5) is 0. The van der Waals surface area contributed by atoms with Gasteiger partial charge in [0.1, 0.15) is 5.75 Å². The van der Waals surface area contributed by atoms with Gasteiger partial charge in [0, 0.05) is 12.6 Å². The Balaban J connectivity index is 2.19. The summed E-state index contributed by atoms with van der Waals surface area (Å²) in [6, 6.07) is 17.4. The zero-order chi connectivity index (χ0) is 14.4. The number of benzene rings is 2. The van der Waals surface area contributed by atoms with Crippen LogP contribution in [0.25, 0.3) is 11.1 Å². The van der Waals surface area contributed by atoms with E-state index >= 15 is 0 Å². The van der Waals surface area contributed by atoms with Gasteiger partial charge in [-0.1, -0.05) is 44.2 Å². The van der Waals surface area contributed by atoms with Crippen molar-refractivity contribution in [3.8, 4) is 16.9 Å². The highest BCUT2D eigenvalue weighted by molar-refractivity contribution is 5.65. The zero-order valence-electron chi connectivity index (χ0n) is 12.5. The number of nitrogens with one attached hydrogen (secondary N) is 1. The molecule has 0 aromatic heterocycles. The minimum Gasteiger partial charge on any atom is -0.494 e. The molecule has 2 heteroatoms. The molecule has 0 aliphatic heterocycles. The third-order valence-electron chi connectivity index (χ3n) is 3.12. The Morgan fingerprint density at radius 2 is 1.70 bits per heavy atom. The first-order valence-electron chi connectivity index (χ1n) is 7.24. The van der Waals surface area contributed by atoms with Crippen LogP contribution in [0.1, 0.15) is 26.3 Å². The van der Waals surface area contributed by atoms with Crippen LogP contribution in [0, 0.1) is 0 Å². The summed E-state index contributed by atoms with van der Waals surface area (Å²) in [7, 11) is 0. The predicted octanol–water partition coefficient (Wildman–Crippen LogP) is 4.25. The summed E-state index contributed by atoms with van der Waals surface area (Å²) >= 11 is 0. The predicted molar refractivity (Wildman–Crippen MR) is 85.0 cm³/mol. The van der Waals surface area contributed by atoms with Crippen LogP contribution < -0.4 is 10.1 Å². The monoisotopic (exact) mass is 269 g/mol. The van der Waals surface area contributed by atoms with Crippen molar-refractivity contribution in [2.45, 2.75) is 33.4 Å². The Labute approximate surface area is 121 Å². The molecule has 0 bridgehead atoms. The molecule has 0 radical (unpaired) electrons. The lowest BCUT2D eigenvalue weighted by Crippen LogP contribution is -2.21. The molecule has 0 atom stereocenters. The molecule has 0 unspecified atom stereocenters. The van der Waals surface area contributed by atoms with Crippen LogP contribution in [0.15, 0.2) is 48.5 Å². The second kappa shape index (κ2) is 7.11. The van der Waals surface area contributed by atoms with E-state index in [0.29, 0.717) is 12.6 Å². The first-order chi connectivity index (χ1) is 9.69. The molecule has 2 nitrogen and oxygen atoms in total. The molecule has 0 saturated heterocycles. The van der Waals surface area contributed by atoms with Crippen molar-refractivity contribution >= 4 is 0 Å². The standard InChI is InChI=1S/C18H23NO/c1-4-20-18-10-6-9-17(12-18)16-8-5-7-15(11-16)13-19-14(2)3/h5-12,14,19H,4,13H2,1-3H3. The minimum absolute atomic E-state index is 0.500. The zero-order valence-corrected chi connectivity index (χ0v) is 12.5. The fourth-order valence-corrected chi connectivity index (χ4v) is 2.11. The van der Waals surface area contributed by atoms with E-state index in [2.05, 4.69) is 55.6 Å². The van der Waals surface area contributed by atoms with Crippen molar-refractivity contribution < 1.29 is 4.74 Å². The van der Waals surface area contributed by atoms with Crippen LogP contribution in [-0.2, 0) is 6.54 Å². The van der Waals surface area contributed by atoms with Crippen LogP contribution >= 0.6 is 0 Å². The summed E-state index contributed by atoms with van der Waals surface area (Å²) in [6.07, 6.45) is 0. The average Bonchev–Trinajstić information content (AvgIpc) is 2.46. The first kappa shape index (κ1) is 14.6. The van der Waals surface area contributed by atoms with E-state index in [1.165, 1.54) is 16.7 Å². The lowest BCUT2D eigenvalue weighted by molar-refractivity contribution is 0.340. The lowest BCUT2D eigenvalue weighted by atomic mass is 10.0. The Kier molecular flexibility index (Phi) is 5.19. The highest BCUT2D eigenvalue weighted by Gasteiger charge is 2.02. The maximum atomic E-state index is 5.56. The summed E-state index contributed by atoms with van der Waals surface area (Å²) < 4.78 is 5.56. The Hall–Kier alpha value is -1.80. The van der Waals surface area contributed by atoms with Crippen LogP contribution in [0.3, 0.4) is 0 Å². The highest BCUT2D eigenvalue weighted by atomic mass is 16.5. The van der Waals surface area contributed by atoms with Crippen molar-refractivity contribution in [2.24, 2.45) is 0 Å². The molecule has 0 fully saturated rings. The normalized spacial score (nSPS) is 10.8. The van der Waals surface area contributed by atoms with E-state index in [1.54, 1.807) is 0 Å². The van der Waals surface area contributed by atoms with Gasteiger partial charge in [-0.05, 0) is 41.8 Å². The Morgan fingerprint density at radius 1 is 1.00 bits per heavy atom. The van der Waals surface area contributed by atoms with Gasteiger partial charge in [-0.15, -0.1) is 0 Å². The van der Waals surface area contributed by atoms with E-state index in [4.69, 9.17) is 4.74 Å². The molecular formula is C18H23NO. The first-order valence-corrected chi connectivity index (χ1v) is 7.24. The van der Waals surface area contributed by atoms with Gasteiger partial charge < -0.3 is 10.1 Å². The van der Waals surface area contributed by atoms with Gasteiger partial charge in [0.25, 0.3) is 0 Å². The third-order valence-corrected chi connectivity index (χ3v) is 3.12. The van der Waals surface area contributed by atoms with Crippen LogP contribution in [0.5, 0.6) is 5.75 Å². The van der Waals surface area contributed by atoms with Crippen LogP contribution in [0.4, 0.5) is 0 Å². The number of hydrogen-bond donors (Lipinski definition) is 1. The number of rotatable bonds is 6. The van der Waals surface area contributed by atoms with Crippen LogP contribution in [0.2, 0.25) is 0 Å². The van der Waals surface area contributed by atoms with Crippen molar-refractivity contribution in [3.63, 3.8) is 0 Å². The summed E-state index contributed by atoms with van der Waals surface area (Å²) in [5.74, 6) is 0.927. The molecule has 20 heavy (non-hydrogen) atoms. The molecule has 0 aliphatic carbocycles. The molecular weight excluding hydrogens is 246 g/mol. The van der Waals surface area contributed by atoms with Gasteiger partial charge >= 0.3 is 0 Å². The molecule has 1 N–H and O–H groups in total. The van der Waals surface area contributed by atoms with Crippen LogP contribution in [-0.4, -0.2) is 12.6 Å². The molecule has 0 aliphatic rings. The average molecular weight is 269 g/mol. The molecule has 106 valence electrons. The number of hydrogen-bond acceptors (Lipinski definition) is 2. The maximum absolute atomic E-state index is 5.56. The van der Waals surface area contributed by atoms with Gasteiger partial charge in [0.15, 0.2) is 0 Å². The molecule has 0 heterocycles. The van der Waals surface area contributed by atoms with Crippen molar-refractivity contribution in [1.82, 2.24) is 5.32 Å². The molecule has 0 saturated carbocycles. The van der Waals surface area contributed by atoms with E-state index in [0.717, 1.165) is 12.3 Å². The molecule has 0 spiro atoms. The van der Waals surface area contributed by atoms with E-state index in [9.17, 15) is 0 Å². The molecule has 2 rings (SSSR count). The SMILES string of the molecule is CCOc1cccc(-c2cccc(CNC(C)C)c2)c1. The smallest absolute Gasteiger partial charge is 0.119 e. The molecule has 0 amide bonds. The topological polar surface area (TPSA) is 21.3 Å². The Bertz CT molecular complexity index is 549. The van der Waals surface area contributed by atoms with Gasteiger partial charge in [-0.3, -0.25) is 0 Å². The number of ether oxygens (including phenoxy) is 1. The maximum Gasteiger partial charge on any atom is 0.119 e. The fraction of sp³-hybridized carbons (Fsp3) is 0.333. The highest BCUT2D eigenvalue weighted by Crippen LogP contribution is 2.24. The summed E-state index contributed by atoms with van der Waals surface area (Å²) in [5.41, 5.74) is 3.73. The lowest BCUT2D eigenvalue weighted by Gasteiger charge is -2.10. The summed E-state index contributed by atoms with van der Waals surface area (Å²) in [5, 5.41) is 3.45. The quantitative estimate of drug-likeness (QED) is 0.846. The van der Waals surface area contributed by atoms with E-state index in [-0.39, 0.29) is 0 Å². The van der Waals surface area contributed by atoms with E-state index in [1.807, 2.05) is 19.1 Å². The van der Waals surface area contributed by atoms with E-state index < -0.39 is 0 Å². The largest absolute Gasteiger partial charge is 0.494 e. The third kappa shape index (κ3) is 4.10. The minimum atomic E-state index is 0.500. The fourth-order valence-electron chi connectivity index (χ4n) is 2.11. The van der Waals surface area contributed by atoms with Gasteiger partial charge in [0.05, 0.1) is 6.61 Å². The van der Waals surface area contributed by atoms with Gasteiger partial charge in [-0.25, -0.2) is 0 Å².